The predicted octanol–water partition coefficient (Wildman–Crippen LogP) is 3.67. The van der Waals surface area contributed by atoms with Crippen LogP contribution in [0.4, 0.5) is 9.52 Å². The monoisotopic (exact) mass is 345 g/mol. The predicted molar refractivity (Wildman–Crippen MR) is 90.9 cm³/mol. The van der Waals surface area contributed by atoms with Gasteiger partial charge in [0.05, 0.1) is 17.2 Å². The van der Waals surface area contributed by atoms with Crippen LogP contribution in [0, 0.1) is 5.82 Å². The molecule has 3 heterocycles. The van der Waals surface area contributed by atoms with Crippen LogP contribution in [-0.4, -0.2) is 28.2 Å². The summed E-state index contributed by atoms with van der Waals surface area (Å²) in [5, 5.41) is 5.85. The molecule has 2 aromatic heterocycles. The molecule has 0 aliphatic carbocycles. The number of fused-ring (bicyclic) bond motifs is 1. The second-order valence-electron chi connectivity index (χ2n) is 5.78. The summed E-state index contributed by atoms with van der Waals surface area (Å²) in [5.41, 5.74) is 1.22. The van der Waals surface area contributed by atoms with E-state index in [-0.39, 0.29) is 17.8 Å². The molecule has 1 aliphatic heterocycles. The molecule has 0 bridgehead atoms. The largest absolute Gasteiger partial charge is 0.376 e. The van der Waals surface area contributed by atoms with Gasteiger partial charge in [-0.25, -0.2) is 9.37 Å². The van der Waals surface area contributed by atoms with E-state index in [4.69, 9.17) is 4.74 Å². The molecule has 7 heteroatoms. The minimum Gasteiger partial charge on any atom is -0.376 e. The third kappa shape index (κ3) is 2.92. The number of amides is 1. The molecule has 0 radical (unpaired) electrons. The number of benzene rings is 1. The summed E-state index contributed by atoms with van der Waals surface area (Å²) in [6.07, 6.45) is 5.54. The van der Waals surface area contributed by atoms with Gasteiger partial charge in [-0.15, -0.1) is 11.3 Å². The van der Waals surface area contributed by atoms with Crippen molar-refractivity contribution in [3.05, 3.63) is 47.4 Å². The molecule has 1 aromatic carbocycles. The Morgan fingerprint density at radius 1 is 1.50 bits per heavy atom. The first-order valence-corrected chi connectivity index (χ1v) is 8.69. The normalized spacial score (nSPS) is 17.5. The fourth-order valence-electron chi connectivity index (χ4n) is 3.05. The van der Waals surface area contributed by atoms with Crippen molar-refractivity contribution in [3.63, 3.8) is 0 Å². The highest BCUT2D eigenvalue weighted by Crippen LogP contribution is 2.26. The third-order valence-electron chi connectivity index (χ3n) is 4.17. The number of carbonyl (C=O) groups is 1. The number of hydrogen-bond acceptors (Lipinski definition) is 4. The number of thiazole rings is 1. The lowest BCUT2D eigenvalue weighted by molar-refractivity contribution is 0.0974. The van der Waals surface area contributed by atoms with Gasteiger partial charge in [-0.3, -0.25) is 10.1 Å². The van der Waals surface area contributed by atoms with Crippen molar-refractivity contribution in [2.24, 2.45) is 0 Å². The molecule has 124 valence electrons. The van der Waals surface area contributed by atoms with Crippen molar-refractivity contribution >= 4 is 33.3 Å². The number of nitrogens with zero attached hydrogens (tertiary/aromatic N) is 2. The van der Waals surface area contributed by atoms with Crippen LogP contribution in [0.15, 0.2) is 36.0 Å². The molecular weight excluding hydrogens is 329 g/mol. The minimum absolute atomic E-state index is 0.110. The molecule has 0 spiro atoms. The van der Waals surface area contributed by atoms with Crippen LogP contribution in [0.25, 0.3) is 10.9 Å². The SMILES string of the molecule is O=C(Nc1nccs1)c1cn(CC2CCCO2)c2cc(F)ccc12. The fraction of sp³-hybridized carbons (Fsp3) is 0.294. The quantitative estimate of drug-likeness (QED) is 0.785. The van der Waals surface area contributed by atoms with E-state index in [2.05, 4.69) is 10.3 Å². The molecule has 1 saturated heterocycles. The highest BCUT2D eigenvalue weighted by atomic mass is 32.1. The van der Waals surface area contributed by atoms with E-state index in [1.165, 1.54) is 23.5 Å². The van der Waals surface area contributed by atoms with E-state index in [1.807, 2.05) is 4.57 Å². The van der Waals surface area contributed by atoms with Crippen LogP contribution >= 0.6 is 11.3 Å². The van der Waals surface area contributed by atoms with Crippen molar-refractivity contribution in [3.8, 4) is 0 Å². The molecule has 24 heavy (non-hydrogen) atoms. The summed E-state index contributed by atoms with van der Waals surface area (Å²) in [5.74, 6) is -0.561. The maximum Gasteiger partial charge on any atom is 0.259 e. The Balaban J connectivity index is 1.70. The molecule has 0 saturated carbocycles. The average molecular weight is 345 g/mol. The summed E-state index contributed by atoms with van der Waals surface area (Å²) >= 11 is 1.36. The Hall–Kier alpha value is -2.25. The molecule has 1 atom stereocenters. The Labute approximate surface area is 142 Å². The minimum atomic E-state index is -0.318. The van der Waals surface area contributed by atoms with Crippen molar-refractivity contribution in [1.82, 2.24) is 9.55 Å². The van der Waals surface area contributed by atoms with Crippen LogP contribution in [-0.2, 0) is 11.3 Å². The first kappa shape index (κ1) is 15.3. The first-order valence-electron chi connectivity index (χ1n) is 7.81. The van der Waals surface area contributed by atoms with Gasteiger partial charge in [0.25, 0.3) is 5.91 Å². The molecule has 3 aromatic rings. The molecule has 1 fully saturated rings. The Morgan fingerprint density at radius 3 is 3.17 bits per heavy atom. The van der Waals surface area contributed by atoms with Gasteiger partial charge >= 0.3 is 0 Å². The fourth-order valence-corrected chi connectivity index (χ4v) is 3.58. The van der Waals surface area contributed by atoms with Gasteiger partial charge in [0.15, 0.2) is 5.13 Å². The molecule has 1 amide bonds. The van der Waals surface area contributed by atoms with Gasteiger partial charge in [-0.1, -0.05) is 0 Å². The molecular formula is C17H16FN3O2S. The number of aromatic nitrogens is 2. The number of hydrogen-bond donors (Lipinski definition) is 1. The highest BCUT2D eigenvalue weighted by molar-refractivity contribution is 7.13. The molecule has 5 nitrogen and oxygen atoms in total. The highest BCUT2D eigenvalue weighted by Gasteiger charge is 2.21. The Kier molecular flexibility index (Phi) is 4.03. The van der Waals surface area contributed by atoms with E-state index < -0.39 is 0 Å². The smallest absolute Gasteiger partial charge is 0.259 e. The van der Waals surface area contributed by atoms with Crippen LogP contribution in [0.3, 0.4) is 0 Å². The second kappa shape index (κ2) is 6.33. The summed E-state index contributed by atoms with van der Waals surface area (Å²) in [6, 6.07) is 4.48. The zero-order chi connectivity index (χ0) is 16.5. The van der Waals surface area contributed by atoms with Crippen LogP contribution in [0.1, 0.15) is 23.2 Å². The zero-order valence-electron chi connectivity index (χ0n) is 12.9. The van der Waals surface area contributed by atoms with Crippen molar-refractivity contribution in [2.45, 2.75) is 25.5 Å². The third-order valence-corrected chi connectivity index (χ3v) is 4.85. The van der Waals surface area contributed by atoms with Gasteiger partial charge < -0.3 is 9.30 Å². The molecule has 1 N–H and O–H groups in total. The standard InChI is InChI=1S/C17H16FN3O2S/c18-11-3-4-13-14(16(22)20-17-19-5-7-24-17)10-21(15(13)8-11)9-12-2-1-6-23-12/h3-5,7-8,10,12H,1-2,6,9H2,(H,19,20,22). The van der Waals surface area contributed by atoms with E-state index in [0.717, 1.165) is 24.8 Å². The van der Waals surface area contributed by atoms with Crippen LogP contribution in [0.2, 0.25) is 0 Å². The van der Waals surface area contributed by atoms with Crippen LogP contribution < -0.4 is 5.32 Å². The number of ether oxygens (including phenoxy) is 1. The number of rotatable bonds is 4. The van der Waals surface area contributed by atoms with Crippen molar-refractivity contribution < 1.29 is 13.9 Å². The summed E-state index contributed by atoms with van der Waals surface area (Å²) < 4.78 is 21.3. The van der Waals surface area contributed by atoms with Crippen LogP contribution in [0.5, 0.6) is 0 Å². The topological polar surface area (TPSA) is 56.2 Å². The maximum absolute atomic E-state index is 13.7. The number of nitrogens with one attached hydrogen (secondary N) is 1. The summed E-state index contributed by atoms with van der Waals surface area (Å²) in [7, 11) is 0. The Morgan fingerprint density at radius 2 is 2.42 bits per heavy atom. The van der Waals surface area contributed by atoms with Gasteiger partial charge in [0, 0.05) is 36.3 Å². The second-order valence-corrected chi connectivity index (χ2v) is 6.68. The maximum atomic E-state index is 13.7. The summed E-state index contributed by atoms with van der Waals surface area (Å²) in [4.78, 5) is 16.6. The first-order chi connectivity index (χ1) is 11.7. The van der Waals surface area contributed by atoms with Crippen molar-refractivity contribution in [1.29, 1.82) is 0 Å². The van der Waals surface area contributed by atoms with Gasteiger partial charge in [-0.2, -0.15) is 0 Å². The van der Waals surface area contributed by atoms with Crippen molar-refractivity contribution in [2.75, 3.05) is 11.9 Å². The molecule has 1 aliphatic rings. The van der Waals surface area contributed by atoms with E-state index in [0.29, 0.717) is 22.8 Å². The summed E-state index contributed by atoms with van der Waals surface area (Å²) in [6.45, 7) is 1.38. The van der Waals surface area contributed by atoms with Gasteiger partial charge in [0.2, 0.25) is 0 Å². The lowest BCUT2D eigenvalue weighted by Crippen LogP contribution is -2.14. The van der Waals surface area contributed by atoms with E-state index in [9.17, 15) is 9.18 Å². The number of halogens is 1. The zero-order valence-corrected chi connectivity index (χ0v) is 13.7. The Bertz CT molecular complexity index is 869. The van der Waals surface area contributed by atoms with E-state index >= 15 is 0 Å². The number of anilines is 1. The number of carbonyl (C=O) groups excluding carboxylic acids is 1. The van der Waals surface area contributed by atoms with Gasteiger partial charge in [-0.05, 0) is 31.0 Å². The lowest BCUT2D eigenvalue weighted by Gasteiger charge is -2.11. The average Bonchev–Trinajstić information content (AvgIpc) is 3.30. The molecule has 4 rings (SSSR count). The van der Waals surface area contributed by atoms with Gasteiger partial charge in [0.1, 0.15) is 5.82 Å². The lowest BCUT2D eigenvalue weighted by atomic mass is 10.1. The van der Waals surface area contributed by atoms with E-state index in [1.54, 1.807) is 23.8 Å². The molecule has 1 unspecified atom stereocenters.